The van der Waals surface area contributed by atoms with Gasteiger partial charge in [0, 0.05) is 40.8 Å². The number of fused-ring (bicyclic) bond motifs is 2. The van der Waals surface area contributed by atoms with Crippen LogP contribution in [0, 0.1) is 0 Å². The molecule has 4 rings (SSSR count). The van der Waals surface area contributed by atoms with E-state index in [4.69, 9.17) is 9.47 Å². The average molecular weight is 348 g/mol. The third-order valence-electron chi connectivity index (χ3n) is 4.37. The van der Waals surface area contributed by atoms with E-state index in [-0.39, 0.29) is 18.1 Å². The molecule has 26 heavy (non-hydrogen) atoms. The summed E-state index contributed by atoms with van der Waals surface area (Å²) >= 11 is 0. The molecule has 0 saturated heterocycles. The lowest BCUT2D eigenvalue weighted by molar-refractivity contribution is -0.118. The first kappa shape index (κ1) is 16.4. The molecule has 132 valence electrons. The number of ether oxygens (including phenoxy) is 2. The largest absolute Gasteiger partial charge is 0.483 e. The number of hydrogen-bond donors (Lipinski definition) is 1. The Bertz CT molecular complexity index is 977. The van der Waals surface area contributed by atoms with Crippen molar-refractivity contribution in [3.8, 4) is 11.5 Å². The number of nitrogens with zero attached hydrogens (tertiary/aromatic N) is 1. The summed E-state index contributed by atoms with van der Waals surface area (Å²) in [5.74, 6) is 1.12. The second-order valence-corrected chi connectivity index (χ2v) is 7.02. The number of nitrogens with one attached hydrogen (secondary N) is 1. The zero-order chi connectivity index (χ0) is 18.1. The summed E-state index contributed by atoms with van der Waals surface area (Å²) < 4.78 is 11.7. The number of anilines is 1. The standard InChI is InChI=1S/C21H20N2O3/c1-21(2)11-14-5-4-8-18(20(14)26-21)25-13-19(24)23-17-7-3-6-15-12-22-10-9-16(15)17/h3-10,12H,11,13H2,1-2H3,(H,23,24). The van der Waals surface area contributed by atoms with E-state index in [1.807, 2.05) is 56.3 Å². The molecule has 0 spiro atoms. The van der Waals surface area contributed by atoms with Gasteiger partial charge in [0.05, 0.1) is 0 Å². The van der Waals surface area contributed by atoms with Crippen molar-refractivity contribution in [3.05, 3.63) is 60.4 Å². The summed E-state index contributed by atoms with van der Waals surface area (Å²) in [4.78, 5) is 16.5. The van der Waals surface area contributed by atoms with E-state index in [9.17, 15) is 4.79 Å². The van der Waals surface area contributed by atoms with E-state index in [0.717, 1.165) is 34.2 Å². The van der Waals surface area contributed by atoms with Crippen LogP contribution in [0.3, 0.4) is 0 Å². The van der Waals surface area contributed by atoms with Crippen molar-refractivity contribution in [2.45, 2.75) is 25.9 Å². The first-order chi connectivity index (χ1) is 12.5. The molecule has 5 heteroatoms. The number of pyridine rings is 1. The molecule has 2 heterocycles. The quantitative estimate of drug-likeness (QED) is 0.775. The van der Waals surface area contributed by atoms with E-state index in [0.29, 0.717) is 5.75 Å². The van der Waals surface area contributed by atoms with Crippen LogP contribution in [0.2, 0.25) is 0 Å². The Balaban J connectivity index is 1.46. The third kappa shape index (κ3) is 3.20. The molecular weight excluding hydrogens is 328 g/mol. The highest BCUT2D eigenvalue weighted by Crippen LogP contribution is 2.41. The molecule has 2 aromatic carbocycles. The minimum atomic E-state index is -0.249. The topological polar surface area (TPSA) is 60.5 Å². The molecule has 5 nitrogen and oxygen atoms in total. The van der Waals surface area contributed by atoms with Crippen molar-refractivity contribution in [1.29, 1.82) is 0 Å². The highest BCUT2D eigenvalue weighted by Gasteiger charge is 2.32. The zero-order valence-corrected chi connectivity index (χ0v) is 14.8. The SMILES string of the molecule is CC1(C)Cc2cccc(OCC(=O)Nc3cccc4cnccc34)c2O1. The fourth-order valence-corrected chi connectivity index (χ4v) is 3.26. The monoisotopic (exact) mass is 348 g/mol. The minimum absolute atomic E-state index is 0.0816. The average Bonchev–Trinajstić information content (AvgIpc) is 2.94. The van der Waals surface area contributed by atoms with Crippen LogP contribution in [0.1, 0.15) is 19.4 Å². The summed E-state index contributed by atoms with van der Waals surface area (Å²) in [6.07, 6.45) is 4.31. The second kappa shape index (κ2) is 6.33. The van der Waals surface area contributed by atoms with E-state index < -0.39 is 0 Å². The first-order valence-electron chi connectivity index (χ1n) is 8.58. The molecule has 0 fully saturated rings. The fraction of sp³-hybridized carbons (Fsp3) is 0.238. The molecular formula is C21H20N2O3. The zero-order valence-electron chi connectivity index (χ0n) is 14.8. The maximum absolute atomic E-state index is 12.4. The Hall–Kier alpha value is -3.08. The van der Waals surface area contributed by atoms with Crippen LogP contribution < -0.4 is 14.8 Å². The number of amides is 1. The predicted octanol–water partition coefficient (Wildman–Crippen LogP) is 3.97. The van der Waals surface area contributed by atoms with Crippen molar-refractivity contribution < 1.29 is 14.3 Å². The summed E-state index contributed by atoms with van der Waals surface area (Å²) in [7, 11) is 0. The molecule has 0 bridgehead atoms. The minimum Gasteiger partial charge on any atom is -0.483 e. The van der Waals surface area contributed by atoms with Gasteiger partial charge < -0.3 is 14.8 Å². The molecule has 0 radical (unpaired) electrons. The van der Waals surface area contributed by atoms with Crippen LogP contribution in [-0.4, -0.2) is 23.1 Å². The number of para-hydroxylation sites is 1. The van der Waals surface area contributed by atoms with Crippen LogP contribution in [0.15, 0.2) is 54.9 Å². The maximum atomic E-state index is 12.4. The number of aromatic nitrogens is 1. The van der Waals surface area contributed by atoms with Crippen LogP contribution in [0.4, 0.5) is 5.69 Å². The van der Waals surface area contributed by atoms with Crippen molar-refractivity contribution in [1.82, 2.24) is 4.98 Å². The molecule has 0 saturated carbocycles. The molecule has 0 atom stereocenters. The fourth-order valence-electron chi connectivity index (χ4n) is 3.26. The number of benzene rings is 2. The Morgan fingerprint density at radius 3 is 2.96 bits per heavy atom. The predicted molar refractivity (Wildman–Crippen MR) is 101 cm³/mol. The third-order valence-corrected chi connectivity index (χ3v) is 4.37. The van der Waals surface area contributed by atoms with E-state index in [1.54, 1.807) is 12.4 Å². The lowest BCUT2D eigenvalue weighted by Gasteiger charge is -2.18. The normalized spacial score (nSPS) is 14.5. The molecule has 3 aromatic rings. The Kier molecular flexibility index (Phi) is 3.99. The van der Waals surface area contributed by atoms with Crippen LogP contribution in [-0.2, 0) is 11.2 Å². The van der Waals surface area contributed by atoms with Gasteiger partial charge >= 0.3 is 0 Å². The lowest BCUT2D eigenvalue weighted by Crippen LogP contribution is -2.25. The van der Waals surface area contributed by atoms with Crippen molar-refractivity contribution >= 4 is 22.4 Å². The van der Waals surface area contributed by atoms with E-state index in [2.05, 4.69) is 10.3 Å². The van der Waals surface area contributed by atoms with Gasteiger partial charge in [-0.25, -0.2) is 0 Å². The van der Waals surface area contributed by atoms with Gasteiger partial charge in [0.25, 0.3) is 5.91 Å². The Morgan fingerprint density at radius 1 is 1.23 bits per heavy atom. The molecule has 1 aliphatic rings. The molecule has 1 aromatic heterocycles. The molecule has 0 aliphatic carbocycles. The van der Waals surface area contributed by atoms with Gasteiger partial charge in [0.2, 0.25) is 0 Å². The number of carbonyl (C=O) groups excluding carboxylic acids is 1. The number of hydrogen-bond acceptors (Lipinski definition) is 4. The second-order valence-electron chi connectivity index (χ2n) is 7.02. The van der Waals surface area contributed by atoms with Crippen LogP contribution >= 0.6 is 0 Å². The van der Waals surface area contributed by atoms with E-state index >= 15 is 0 Å². The van der Waals surface area contributed by atoms with Crippen molar-refractivity contribution in [3.63, 3.8) is 0 Å². The Morgan fingerprint density at radius 2 is 2.08 bits per heavy atom. The van der Waals surface area contributed by atoms with Gasteiger partial charge in [-0.3, -0.25) is 9.78 Å². The molecule has 1 N–H and O–H groups in total. The van der Waals surface area contributed by atoms with Gasteiger partial charge in [-0.05, 0) is 32.0 Å². The van der Waals surface area contributed by atoms with Crippen LogP contribution in [0.25, 0.3) is 10.8 Å². The van der Waals surface area contributed by atoms with Gasteiger partial charge in [-0.1, -0.05) is 24.3 Å². The lowest BCUT2D eigenvalue weighted by atomic mass is 10.0. The highest BCUT2D eigenvalue weighted by molar-refractivity contribution is 6.02. The summed E-state index contributed by atoms with van der Waals surface area (Å²) in [6, 6.07) is 13.4. The number of carbonyl (C=O) groups is 1. The van der Waals surface area contributed by atoms with Gasteiger partial charge in [0.15, 0.2) is 18.1 Å². The maximum Gasteiger partial charge on any atom is 0.262 e. The van der Waals surface area contributed by atoms with Gasteiger partial charge in [-0.15, -0.1) is 0 Å². The summed E-state index contributed by atoms with van der Waals surface area (Å²) in [5.41, 5.74) is 1.60. The van der Waals surface area contributed by atoms with Gasteiger partial charge in [-0.2, -0.15) is 0 Å². The van der Waals surface area contributed by atoms with Crippen molar-refractivity contribution in [2.24, 2.45) is 0 Å². The highest BCUT2D eigenvalue weighted by atomic mass is 16.5. The molecule has 0 unspecified atom stereocenters. The number of rotatable bonds is 4. The summed E-state index contributed by atoms with van der Waals surface area (Å²) in [6.45, 7) is 4.00. The van der Waals surface area contributed by atoms with E-state index in [1.165, 1.54) is 0 Å². The first-order valence-corrected chi connectivity index (χ1v) is 8.58. The Labute approximate surface area is 152 Å². The van der Waals surface area contributed by atoms with Crippen molar-refractivity contribution in [2.75, 3.05) is 11.9 Å². The van der Waals surface area contributed by atoms with Gasteiger partial charge in [0.1, 0.15) is 5.60 Å². The molecule has 1 amide bonds. The summed E-state index contributed by atoms with van der Waals surface area (Å²) in [5, 5.41) is 4.83. The molecule has 1 aliphatic heterocycles. The smallest absolute Gasteiger partial charge is 0.262 e. The van der Waals surface area contributed by atoms with Crippen LogP contribution in [0.5, 0.6) is 11.5 Å².